The number of likely N-dealkylation sites (tertiary alicyclic amines) is 1. The molecule has 0 aliphatic carbocycles. The summed E-state index contributed by atoms with van der Waals surface area (Å²) in [6.07, 6.45) is 2.18. The SMILES string of the molecule is Cc1cccc(-c2nnc(SCC(=O)N3CCCC3)n2-c2ccc(Cl)cc2)c1. The molecule has 1 saturated heterocycles. The van der Waals surface area contributed by atoms with Gasteiger partial charge in [0, 0.05) is 29.4 Å². The van der Waals surface area contributed by atoms with Crippen LogP contribution in [-0.4, -0.2) is 44.4 Å². The lowest BCUT2D eigenvalue weighted by atomic mass is 10.1. The van der Waals surface area contributed by atoms with E-state index in [9.17, 15) is 4.79 Å². The van der Waals surface area contributed by atoms with Crippen molar-refractivity contribution >= 4 is 29.3 Å². The van der Waals surface area contributed by atoms with Crippen molar-refractivity contribution in [1.29, 1.82) is 0 Å². The number of rotatable bonds is 5. The highest BCUT2D eigenvalue weighted by Gasteiger charge is 2.21. The second kappa shape index (κ2) is 8.37. The van der Waals surface area contributed by atoms with Gasteiger partial charge in [-0.3, -0.25) is 9.36 Å². The molecule has 1 aromatic heterocycles. The van der Waals surface area contributed by atoms with Gasteiger partial charge in [-0.25, -0.2) is 0 Å². The highest BCUT2D eigenvalue weighted by atomic mass is 35.5. The summed E-state index contributed by atoms with van der Waals surface area (Å²) < 4.78 is 1.99. The Kier molecular flexibility index (Phi) is 5.69. The van der Waals surface area contributed by atoms with E-state index >= 15 is 0 Å². The number of halogens is 1. The first-order valence-corrected chi connectivity index (χ1v) is 10.7. The third-order valence-corrected chi connectivity index (χ3v) is 5.94. The van der Waals surface area contributed by atoms with Crippen LogP contribution in [0.2, 0.25) is 5.02 Å². The van der Waals surface area contributed by atoms with Crippen molar-refractivity contribution in [1.82, 2.24) is 19.7 Å². The standard InChI is InChI=1S/C21H21ClN4OS/c1-15-5-4-6-16(13-15)20-23-24-21(26(20)18-9-7-17(22)8-10-18)28-14-19(27)25-11-2-3-12-25/h4-10,13H,2-3,11-12,14H2,1H3. The summed E-state index contributed by atoms with van der Waals surface area (Å²) in [6.45, 7) is 3.77. The highest BCUT2D eigenvalue weighted by Crippen LogP contribution is 2.29. The van der Waals surface area contributed by atoms with Gasteiger partial charge in [0.1, 0.15) is 0 Å². The molecule has 0 bridgehead atoms. The smallest absolute Gasteiger partial charge is 0.233 e. The summed E-state index contributed by atoms with van der Waals surface area (Å²) in [5.41, 5.74) is 3.06. The Balaban J connectivity index is 1.67. The molecule has 5 nitrogen and oxygen atoms in total. The van der Waals surface area contributed by atoms with Gasteiger partial charge in [-0.05, 0) is 50.1 Å². The average molecular weight is 413 g/mol. The van der Waals surface area contributed by atoms with Crippen molar-refractivity contribution in [2.45, 2.75) is 24.9 Å². The Labute approximate surface area is 173 Å². The largest absolute Gasteiger partial charge is 0.342 e. The number of aryl methyl sites for hydroxylation is 1. The van der Waals surface area contributed by atoms with Crippen LogP contribution >= 0.6 is 23.4 Å². The number of carbonyl (C=O) groups excluding carboxylic acids is 1. The topological polar surface area (TPSA) is 51.0 Å². The quantitative estimate of drug-likeness (QED) is 0.574. The Morgan fingerprint density at radius 3 is 2.57 bits per heavy atom. The van der Waals surface area contributed by atoms with E-state index in [1.165, 1.54) is 11.8 Å². The van der Waals surface area contributed by atoms with Crippen molar-refractivity contribution in [3.05, 3.63) is 59.1 Å². The van der Waals surface area contributed by atoms with Crippen molar-refractivity contribution in [3.8, 4) is 17.1 Å². The number of carbonyl (C=O) groups is 1. The molecule has 7 heteroatoms. The van der Waals surface area contributed by atoms with Gasteiger partial charge in [0.15, 0.2) is 11.0 Å². The van der Waals surface area contributed by atoms with E-state index in [1.54, 1.807) is 0 Å². The maximum Gasteiger partial charge on any atom is 0.233 e. The van der Waals surface area contributed by atoms with E-state index in [0.29, 0.717) is 15.9 Å². The minimum Gasteiger partial charge on any atom is -0.342 e. The minimum absolute atomic E-state index is 0.158. The van der Waals surface area contributed by atoms with Crippen LogP contribution in [0.3, 0.4) is 0 Å². The molecule has 1 aliphatic rings. The number of hydrogen-bond acceptors (Lipinski definition) is 4. The van der Waals surface area contributed by atoms with Gasteiger partial charge >= 0.3 is 0 Å². The average Bonchev–Trinajstić information content (AvgIpc) is 3.37. The van der Waals surface area contributed by atoms with Crippen LogP contribution in [0.25, 0.3) is 17.1 Å². The molecule has 28 heavy (non-hydrogen) atoms. The molecule has 144 valence electrons. The summed E-state index contributed by atoms with van der Waals surface area (Å²) in [6, 6.07) is 15.7. The molecule has 0 saturated carbocycles. The molecule has 2 aromatic carbocycles. The number of nitrogens with zero attached hydrogens (tertiary/aromatic N) is 4. The Morgan fingerprint density at radius 2 is 1.86 bits per heavy atom. The van der Waals surface area contributed by atoms with Crippen LogP contribution in [-0.2, 0) is 4.79 Å². The van der Waals surface area contributed by atoms with Crippen LogP contribution in [0.5, 0.6) is 0 Å². The molecule has 2 heterocycles. The molecule has 1 amide bonds. The van der Waals surface area contributed by atoms with Crippen molar-refractivity contribution in [2.24, 2.45) is 0 Å². The maximum atomic E-state index is 12.5. The minimum atomic E-state index is 0.158. The zero-order valence-electron chi connectivity index (χ0n) is 15.6. The second-order valence-corrected chi connectivity index (χ2v) is 8.24. The van der Waals surface area contributed by atoms with Crippen LogP contribution in [0, 0.1) is 6.92 Å². The first-order chi connectivity index (χ1) is 13.6. The predicted molar refractivity (Wildman–Crippen MR) is 113 cm³/mol. The van der Waals surface area contributed by atoms with E-state index < -0.39 is 0 Å². The van der Waals surface area contributed by atoms with Crippen LogP contribution in [0.1, 0.15) is 18.4 Å². The number of aromatic nitrogens is 3. The van der Waals surface area contributed by atoms with Gasteiger partial charge in [0.25, 0.3) is 0 Å². The molecular weight excluding hydrogens is 392 g/mol. The van der Waals surface area contributed by atoms with Gasteiger partial charge < -0.3 is 4.90 Å². The van der Waals surface area contributed by atoms with E-state index in [-0.39, 0.29) is 5.91 Å². The normalized spacial score (nSPS) is 13.9. The van der Waals surface area contributed by atoms with E-state index in [1.807, 2.05) is 45.9 Å². The van der Waals surface area contributed by atoms with E-state index in [2.05, 4.69) is 29.3 Å². The summed E-state index contributed by atoms with van der Waals surface area (Å²) in [7, 11) is 0. The van der Waals surface area contributed by atoms with Crippen molar-refractivity contribution in [2.75, 3.05) is 18.8 Å². The zero-order chi connectivity index (χ0) is 19.5. The number of benzene rings is 2. The van der Waals surface area contributed by atoms with Gasteiger partial charge in [-0.15, -0.1) is 10.2 Å². The number of amides is 1. The third-order valence-electron chi connectivity index (χ3n) is 4.78. The molecule has 3 aromatic rings. The molecule has 0 spiro atoms. The van der Waals surface area contributed by atoms with Gasteiger partial charge in [-0.2, -0.15) is 0 Å². The second-order valence-electron chi connectivity index (χ2n) is 6.86. The molecule has 1 aliphatic heterocycles. The number of thioether (sulfide) groups is 1. The molecule has 4 rings (SSSR count). The fourth-order valence-corrected chi connectivity index (χ4v) is 4.32. The maximum absolute atomic E-state index is 12.5. The zero-order valence-corrected chi connectivity index (χ0v) is 17.2. The summed E-state index contributed by atoms with van der Waals surface area (Å²) in [4.78, 5) is 14.4. The first kappa shape index (κ1) is 19.0. The Morgan fingerprint density at radius 1 is 1.11 bits per heavy atom. The van der Waals surface area contributed by atoms with Crippen LogP contribution < -0.4 is 0 Å². The predicted octanol–water partition coefficient (Wildman–Crippen LogP) is 4.61. The van der Waals surface area contributed by atoms with Crippen molar-refractivity contribution < 1.29 is 4.79 Å². The van der Waals surface area contributed by atoms with Crippen LogP contribution in [0.15, 0.2) is 53.7 Å². The van der Waals surface area contributed by atoms with E-state index in [0.717, 1.165) is 48.6 Å². The fourth-order valence-electron chi connectivity index (χ4n) is 3.34. The molecule has 1 fully saturated rings. The summed E-state index contributed by atoms with van der Waals surface area (Å²) in [5, 5.41) is 10.2. The van der Waals surface area contributed by atoms with Crippen LogP contribution in [0.4, 0.5) is 0 Å². The van der Waals surface area contributed by atoms with Gasteiger partial charge in [0.05, 0.1) is 5.75 Å². The first-order valence-electron chi connectivity index (χ1n) is 9.31. The Hall–Kier alpha value is -2.31. The van der Waals surface area contributed by atoms with E-state index in [4.69, 9.17) is 11.6 Å². The third kappa shape index (κ3) is 4.08. The molecular formula is C21H21ClN4OS. The summed E-state index contributed by atoms with van der Waals surface area (Å²) in [5.74, 6) is 1.27. The highest BCUT2D eigenvalue weighted by molar-refractivity contribution is 7.99. The lowest BCUT2D eigenvalue weighted by Crippen LogP contribution is -2.29. The molecule has 0 N–H and O–H groups in total. The lowest BCUT2D eigenvalue weighted by Gasteiger charge is -2.15. The molecule has 0 radical (unpaired) electrons. The lowest BCUT2D eigenvalue weighted by molar-refractivity contribution is -0.127. The van der Waals surface area contributed by atoms with Gasteiger partial charge in [0.2, 0.25) is 5.91 Å². The monoisotopic (exact) mass is 412 g/mol. The Bertz CT molecular complexity index is 980. The molecule has 0 atom stereocenters. The fraction of sp³-hybridized carbons (Fsp3) is 0.286. The molecule has 0 unspecified atom stereocenters. The number of hydrogen-bond donors (Lipinski definition) is 0. The van der Waals surface area contributed by atoms with Crippen molar-refractivity contribution in [3.63, 3.8) is 0 Å². The van der Waals surface area contributed by atoms with Gasteiger partial charge in [-0.1, -0.05) is 47.1 Å². The summed E-state index contributed by atoms with van der Waals surface area (Å²) >= 11 is 7.50.